The highest BCUT2D eigenvalue weighted by Crippen LogP contribution is 2.24. The average molecular weight is 330 g/mol. The van der Waals surface area contributed by atoms with Gasteiger partial charge in [-0.1, -0.05) is 62.2 Å². The molecule has 2 aromatic rings. The molecule has 0 spiro atoms. The van der Waals surface area contributed by atoms with Crippen molar-refractivity contribution < 1.29 is 9.59 Å². The monoisotopic (exact) mass is 329 g/mol. The second-order valence-corrected chi connectivity index (χ2v) is 6.00. The lowest BCUT2D eigenvalue weighted by molar-refractivity contribution is -0.119. The molecule has 4 heteroatoms. The summed E-state index contributed by atoms with van der Waals surface area (Å²) in [6, 6.07) is 13.9. The van der Waals surface area contributed by atoms with Gasteiger partial charge in [-0.3, -0.25) is 9.59 Å². The molecule has 0 fully saturated rings. The van der Waals surface area contributed by atoms with E-state index in [1.165, 1.54) is 0 Å². The van der Waals surface area contributed by atoms with E-state index in [0.29, 0.717) is 21.8 Å². The fraction of sp³-hybridized carbons (Fsp3) is 0.263. The second-order valence-electron chi connectivity index (χ2n) is 5.56. The van der Waals surface area contributed by atoms with Crippen LogP contribution in [-0.2, 0) is 4.79 Å². The molecular formula is C19H20ClNO2. The van der Waals surface area contributed by atoms with Crippen LogP contribution in [0.4, 0.5) is 5.69 Å². The van der Waals surface area contributed by atoms with Crippen LogP contribution in [0.15, 0.2) is 48.5 Å². The van der Waals surface area contributed by atoms with E-state index in [2.05, 4.69) is 5.32 Å². The number of carbonyl (C=O) groups excluding carboxylic acids is 2. The zero-order valence-electron chi connectivity index (χ0n) is 13.3. The van der Waals surface area contributed by atoms with Gasteiger partial charge in [0.25, 0.3) is 0 Å². The fourth-order valence-electron chi connectivity index (χ4n) is 2.38. The van der Waals surface area contributed by atoms with E-state index in [0.717, 1.165) is 12.8 Å². The number of ketones is 1. The highest BCUT2D eigenvalue weighted by Gasteiger charge is 2.18. The number of anilines is 1. The average Bonchev–Trinajstić information content (AvgIpc) is 2.56. The number of rotatable bonds is 6. The molecule has 1 N–H and O–H groups in total. The van der Waals surface area contributed by atoms with Crippen LogP contribution in [0.2, 0.25) is 5.02 Å². The molecule has 120 valence electrons. The van der Waals surface area contributed by atoms with Crippen molar-refractivity contribution >= 4 is 29.0 Å². The number of halogens is 1. The SMILES string of the molecule is CCC[C@H](C)C(=O)Nc1ccc(Cl)cc1C(=O)c1ccccc1. The quantitative estimate of drug-likeness (QED) is 0.762. The van der Waals surface area contributed by atoms with Crippen molar-refractivity contribution in [2.45, 2.75) is 26.7 Å². The number of benzene rings is 2. The number of carbonyl (C=O) groups is 2. The van der Waals surface area contributed by atoms with Crippen molar-refractivity contribution in [3.8, 4) is 0 Å². The molecule has 2 rings (SSSR count). The highest BCUT2D eigenvalue weighted by molar-refractivity contribution is 6.31. The Kier molecular flexibility index (Phi) is 5.94. The summed E-state index contributed by atoms with van der Waals surface area (Å²) in [5, 5.41) is 3.32. The van der Waals surface area contributed by atoms with Crippen molar-refractivity contribution in [3.05, 3.63) is 64.7 Å². The standard InChI is InChI=1S/C19H20ClNO2/c1-3-7-13(2)19(23)21-17-11-10-15(20)12-16(17)18(22)14-8-5-4-6-9-14/h4-6,8-13H,3,7H2,1-2H3,(H,21,23)/t13-/m0/s1. The molecule has 0 bridgehead atoms. The Morgan fingerprint density at radius 2 is 1.83 bits per heavy atom. The van der Waals surface area contributed by atoms with Gasteiger partial charge in [-0.05, 0) is 24.6 Å². The first-order valence-corrected chi connectivity index (χ1v) is 8.11. The molecule has 0 heterocycles. The summed E-state index contributed by atoms with van der Waals surface area (Å²) in [6.07, 6.45) is 1.74. The highest BCUT2D eigenvalue weighted by atomic mass is 35.5. The first-order chi connectivity index (χ1) is 11.0. The van der Waals surface area contributed by atoms with E-state index in [9.17, 15) is 9.59 Å². The van der Waals surface area contributed by atoms with Gasteiger partial charge in [-0.25, -0.2) is 0 Å². The summed E-state index contributed by atoms with van der Waals surface area (Å²) >= 11 is 6.03. The van der Waals surface area contributed by atoms with Gasteiger partial charge in [0.2, 0.25) is 5.91 Å². The smallest absolute Gasteiger partial charge is 0.227 e. The van der Waals surface area contributed by atoms with Crippen LogP contribution in [0.25, 0.3) is 0 Å². The molecule has 0 aromatic heterocycles. The molecule has 3 nitrogen and oxygen atoms in total. The van der Waals surface area contributed by atoms with E-state index >= 15 is 0 Å². The Morgan fingerprint density at radius 1 is 1.13 bits per heavy atom. The molecule has 0 saturated carbocycles. The van der Waals surface area contributed by atoms with Crippen LogP contribution in [0.5, 0.6) is 0 Å². The maximum atomic E-state index is 12.7. The Morgan fingerprint density at radius 3 is 2.48 bits per heavy atom. The molecule has 23 heavy (non-hydrogen) atoms. The second kappa shape index (κ2) is 7.93. The Balaban J connectivity index is 2.31. The van der Waals surface area contributed by atoms with E-state index in [1.807, 2.05) is 19.9 Å². The van der Waals surface area contributed by atoms with Crippen LogP contribution >= 0.6 is 11.6 Å². The van der Waals surface area contributed by atoms with Gasteiger partial charge >= 0.3 is 0 Å². The Hall–Kier alpha value is -2.13. The first kappa shape index (κ1) is 17.2. The van der Waals surface area contributed by atoms with Gasteiger partial charge < -0.3 is 5.32 Å². The summed E-state index contributed by atoms with van der Waals surface area (Å²) in [5.41, 5.74) is 1.46. The van der Waals surface area contributed by atoms with Crippen LogP contribution in [0.3, 0.4) is 0 Å². The minimum Gasteiger partial charge on any atom is -0.325 e. The van der Waals surface area contributed by atoms with Crippen molar-refractivity contribution in [3.63, 3.8) is 0 Å². The number of hydrogen-bond acceptors (Lipinski definition) is 2. The number of amides is 1. The van der Waals surface area contributed by atoms with E-state index in [4.69, 9.17) is 11.6 Å². The van der Waals surface area contributed by atoms with Gasteiger partial charge in [0.15, 0.2) is 5.78 Å². The van der Waals surface area contributed by atoms with E-state index in [-0.39, 0.29) is 17.6 Å². The van der Waals surface area contributed by atoms with Gasteiger partial charge in [0.1, 0.15) is 0 Å². The van der Waals surface area contributed by atoms with Crippen molar-refractivity contribution in [2.75, 3.05) is 5.32 Å². The maximum Gasteiger partial charge on any atom is 0.227 e. The number of hydrogen-bond donors (Lipinski definition) is 1. The summed E-state index contributed by atoms with van der Waals surface area (Å²) in [5.74, 6) is -0.349. The molecule has 0 radical (unpaired) electrons. The van der Waals surface area contributed by atoms with Crippen LogP contribution in [0, 0.1) is 5.92 Å². The summed E-state index contributed by atoms with van der Waals surface area (Å²) in [6.45, 7) is 3.92. The predicted molar refractivity (Wildman–Crippen MR) is 94.0 cm³/mol. The predicted octanol–water partition coefficient (Wildman–Crippen LogP) is 4.95. The molecule has 1 amide bonds. The third kappa shape index (κ3) is 4.42. The molecule has 0 unspecified atom stereocenters. The fourth-order valence-corrected chi connectivity index (χ4v) is 2.55. The van der Waals surface area contributed by atoms with Crippen LogP contribution in [0.1, 0.15) is 42.6 Å². The maximum absolute atomic E-state index is 12.7. The molecule has 0 aliphatic heterocycles. The largest absolute Gasteiger partial charge is 0.325 e. The zero-order valence-corrected chi connectivity index (χ0v) is 14.1. The third-order valence-electron chi connectivity index (χ3n) is 3.69. The van der Waals surface area contributed by atoms with Crippen molar-refractivity contribution in [1.29, 1.82) is 0 Å². The Bertz CT molecular complexity index is 698. The lowest BCUT2D eigenvalue weighted by Gasteiger charge is -2.14. The number of nitrogens with one attached hydrogen (secondary N) is 1. The van der Waals surface area contributed by atoms with Gasteiger partial charge in [0.05, 0.1) is 5.69 Å². The minimum atomic E-state index is -0.161. The van der Waals surface area contributed by atoms with Crippen molar-refractivity contribution in [1.82, 2.24) is 0 Å². The van der Waals surface area contributed by atoms with Gasteiger partial charge in [-0.2, -0.15) is 0 Å². The van der Waals surface area contributed by atoms with E-state index in [1.54, 1.807) is 42.5 Å². The molecule has 1 atom stereocenters. The van der Waals surface area contributed by atoms with Gasteiger partial charge in [-0.15, -0.1) is 0 Å². The molecule has 2 aromatic carbocycles. The summed E-state index contributed by atoms with van der Waals surface area (Å²) in [7, 11) is 0. The Labute approximate surface area is 141 Å². The van der Waals surface area contributed by atoms with Crippen LogP contribution in [-0.4, -0.2) is 11.7 Å². The molecule has 0 saturated heterocycles. The first-order valence-electron chi connectivity index (χ1n) is 7.73. The molecule has 0 aliphatic rings. The van der Waals surface area contributed by atoms with E-state index < -0.39 is 0 Å². The van der Waals surface area contributed by atoms with Crippen LogP contribution < -0.4 is 5.32 Å². The summed E-state index contributed by atoms with van der Waals surface area (Å²) < 4.78 is 0. The van der Waals surface area contributed by atoms with Crippen molar-refractivity contribution in [2.24, 2.45) is 5.92 Å². The summed E-state index contributed by atoms with van der Waals surface area (Å²) in [4.78, 5) is 24.9. The van der Waals surface area contributed by atoms with Gasteiger partial charge in [0, 0.05) is 22.1 Å². The minimum absolute atomic E-state index is 0.0868. The molecule has 0 aliphatic carbocycles. The normalized spacial score (nSPS) is 11.8. The molecular weight excluding hydrogens is 310 g/mol. The zero-order chi connectivity index (χ0) is 16.8. The topological polar surface area (TPSA) is 46.2 Å². The third-order valence-corrected chi connectivity index (χ3v) is 3.92. The lowest BCUT2D eigenvalue weighted by atomic mass is 10.0. The lowest BCUT2D eigenvalue weighted by Crippen LogP contribution is -2.21.